The molecular weight excluding hydrogens is 220 g/mol. The van der Waals surface area contributed by atoms with E-state index in [9.17, 15) is 0 Å². The first kappa shape index (κ1) is 10.7. The highest BCUT2D eigenvalue weighted by Gasteiger charge is 2.05. The lowest BCUT2D eigenvalue weighted by Gasteiger charge is -2.05. The summed E-state index contributed by atoms with van der Waals surface area (Å²) in [6.07, 6.45) is 1.60. The van der Waals surface area contributed by atoms with Gasteiger partial charge in [0, 0.05) is 22.5 Å². The average molecular weight is 229 g/mol. The number of nitriles is 1. The van der Waals surface area contributed by atoms with E-state index in [1.807, 2.05) is 37.3 Å². The SMILES string of the molecule is Cc1cc(-c2ccc(Cl)cc2)c(C#N)cn1. The van der Waals surface area contributed by atoms with Gasteiger partial charge in [0.25, 0.3) is 0 Å². The number of aryl methyl sites for hydroxylation is 1. The lowest BCUT2D eigenvalue weighted by Crippen LogP contribution is -1.89. The molecule has 0 saturated heterocycles. The molecule has 0 radical (unpaired) electrons. The minimum Gasteiger partial charge on any atom is -0.260 e. The molecule has 0 atom stereocenters. The summed E-state index contributed by atoms with van der Waals surface area (Å²) in [5.41, 5.74) is 3.34. The summed E-state index contributed by atoms with van der Waals surface area (Å²) >= 11 is 5.83. The van der Waals surface area contributed by atoms with Crippen molar-refractivity contribution in [1.29, 1.82) is 5.26 Å². The fourth-order valence-electron chi connectivity index (χ4n) is 1.52. The molecule has 1 aromatic carbocycles. The van der Waals surface area contributed by atoms with E-state index < -0.39 is 0 Å². The summed E-state index contributed by atoms with van der Waals surface area (Å²) in [5.74, 6) is 0. The van der Waals surface area contributed by atoms with E-state index in [0.29, 0.717) is 10.6 Å². The van der Waals surface area contributed by atoms with Crippen molar-refractivity contribution >= 4 is 11.6 Å². The first-order valence-electron chi connectivity index (χ1n) is 4.83. The third kappa shape index (κ3) is 2.05. The molecule has 2 rings (SSSR count). The second-order valence-corrected chi connectivity index (χ2v) is 3.93. The van der Waals surface area contributed by atoms with Crippen LogP contribution in [-0.2, 0) is 0 Å². The number of pyridine rings is 1. The Morgan fingerprint density at radius 3 is 2.56 bits per heavy atom. The molecule has 16 heavy (non-hydrogen) atoms. The predicted octanol–water partition coefficient (Wildman–Crippen LogP) is 3.58. The quantitative estimate of drug-likeness (QED) is 0.748. The second-order valence-electron chi connectivity index (χ2n) is 3.49. The molecule has 1 heterocycles. The van der Waals surface area contributed by atoms with Gasteiger partial charge in [0.1, 0.15) is 6.07 Å². The van der Waals surface area contributed by atoms with E-state index in [1.165, 1.54) is 0 Å². The molecule has 0 bridgehead atoms. The van der Waals surface area contributed by atoms with E-state index in [4.69, 9.17) is 16.9 Å². The van der Waals surface area contributed by atoms with Crippen LogP contribution in [0.15, 0.2) is 36.5 Å². The van der Waals surface area contributed by atoms with Crippen LogP contribution in [-0.4, -0.2) is 4.98 Å². The van der Waals surface area contributed by atoms with Crippen molar-refractivity contribution in [2.75, 3.05) is 0 Å². The summed E-state index contributed by atoms with van der Waals surface area (Å²) < 4.78 is 0. The molecule has 0 fully saturated rings. The molecule has 0 amide bonds. The fraction of sp³-hybridized carbons (Fsp3) is 0.0769. The summed E-state index contributed by atoms with van der Waals surface area (Å²) in [6, 6.07) is 11.5. The molecule has 0 aliphatic heterocycles. The third-order valence-electron chi connectivity index (χ3n) is 2.32. The molecule has 2 aromatic rings. The standard InChI is InChI=1S/C13H9ClN2/c1-9-6-13(11(7-15)8-16-9)10-2-4-12(14)5-3-10/h2-6,8H,1H3. The van der Waals surface area contributed by atoms with Gasteiger partial charge in [-0.3, -0.25) is 4.98 Å². The van der Waals surface area contributed by atoms with Gasteiger partial charge in [-0.2, -0.15) is 5.26 Å². The summed E-state index contributed by atoms with van der Waals surface area (Å²) in [5, 5.41) is 9.70. The zero-order valence-corrected chi connectivity index (χ0v) is 9.49. The number of halogens is 1. The van der Waals surface area contributed by atoms with Gasteiger partial charge < -0.3 is 0 Å². The summed E-state index contributed by atoms with van der Waals surface area (Å²) in [4.78, 5) is 4.11. The number of rotatable bonds is 1. The van der Waals surface area contributed by atoms with Gasteiger partial charge in [0.05, 0.1) is 5.56 Å². The van der Waals surface area contributed by atoms with Gasteiger partial charge >= 0.3 is 0 Å². The van der Waals surface area contributed by atoms with Crippen molar-refractivity contribution < 1.29 is 0 Å². The van der Waals surface area contributed by atoms with Crippen LogP contribution < -0.4 is 0 Å². The molecule has 0 unspecified atom stereocenters. The predicted molar refractivity (Wildman–Crippen MR) is 64.1 cm³/mol. The molecule has 0 aliphatic carbocycles. The summed E-state index contributed by atoms with van der Waals surface area (Å²) in [6.45, 7) is 1.90. The Bertz CT molecular complexity index is 553. The fourth-order valence-corrected chi connectivity index (χ4v) is 1.64. The van der Waals surface area contributed by atoms with E-state index in [1.54, 1.807) is 6.20 Å². The van der Waals surface area contributed by atoms with Crippen LogP contribution in [0.1, 0.15) is 11.3 Å². The number of hydrogen-bond donors (Lipinski definition) is 0. The van der Waals surface area contributed by atoms with Crippen molar-refractivity contribution in [3.8, 4) is 17.2 Å². The molecule has 0 spiro atoms. The molecule has 0 saturated carbocycles. The van der Waals surface area contributed by atoms with E-state index in [2.05, 4.69) is 11.1 Å². The topological polar surface area (TPSA) is 36.7 Å². The minimum absolute atomic E-state index is 0.577. The van der Waals surface area contributed by atoms with Gasteiger partial charge in [-0.05, 0) is 30.7 Å². The monoisotopic (exact) mass is 228 g/mol. The summed E-state index contributed by atoms with van der Waals surface area (Å²) in [7, 11) is 0. The highest BCUT2D eigenvalue weighted by Crippen LogP contribution is 2.24. The Morgan fingerprint density at radius 2 is 1.94 bits per heavy atom. The lowest BCUT2D eigenvalue weighted by atomic mass is 10.0. The third-order valence-corrected chi connectivity index (χ3v) is 2.57. The number of aromatic nitrogens is 1. The van der Waals surface area contributed by atoms with E-state index in [-0.39, 0.29) is 0 Å². The maximum atomic E-state index is 9.01. The van der Waals surface area contributed by atoms with Gasteiger partial charge in [-0.15, -0.1) is 0 Å². The zero-order valence-electron chi connectivity index (χ0n) is 8.74. The minimum atomic E-state index is 0.577. The Balaban J connectivity index is 2.59. The van der Waals surface area contributed by atoms with Gasteiger partial charge in [-0.25, -0.2) is 0 Å². The maximum absolute atomic E-state index is 9.01. The van der Waals surface area contributed by atoms with Gasteiger partial charge in [0.2, 0.25) is 0 Å². The maximum Gasteiger partial charge on any atom is 0.101 e. The Hall–Kier alpha value is -1.85. The van der Waals surface area contributed by atoms with Crippen molar-refractivity contribution in [2.24, 2.45) is 0 Å². The number of nitrogens with zero attached hydrogens (tertiary/aromatic N) is 2. The molecular formula is C13H9ClN2. The molecule has 2 nitrogen and oxygen atoms in total. The lowest BCUT2D eigenvalue weighted by molar-refractivity contribution is 1.19. The highest BCUT2D eigenvalue weighted by atomic mass is 35.5. The van der Waals surface area contributed by atoms with Crippen LogP contribution >= 0.6 is 11.6 Å². The first-order chi connectivity index (χ1) is 7.70. The van der Waals surface area contributed by atoms with Crippen molar-refractivity contribution in [3.05, 3.63) is 52.8 Å². The zero-order chi connectivity index (χ0) is 11.5. The van der Waals surface area contributed by atoms with Crippen LogP contribution in [0.2, 0.25) is 5.02 Å². The molecule has 1 aromatic heterocycles. The van der Waals surface area contributed by atoms with Crippen molar-refractivity contribution in [1.82, 2.24) is 4.98 Å². The normalized spacial score (nSPS) is 9.81. The Morgan fingerprint density at radius 1 is 1.25 bits per heavy atom. The largest absolute Gasteiger partial charge is 0.260 e. The molecule has 0 aliphatic rings. The molecule has 78 valence electrons. The van der Waals surface area contributed by atoms with Crippen molar-refractivity contribution in [2.45, 2.75) is 6.92 Å². The van der Waals surface area contributed by atoms with Crippen LogP contribution in [0.5, 0.6) is 0 Å². The second kappa shape index (κ2) is 4.34. The van der Waals surface area contributed by atoms with E-state index in [0.717, 1.165) is 16.8 Å². The Labute approximate surface area is 99.1 Å². The van der Waals surface area contributed by atoms with Crippen LogP contribution in [0.3, 0.4) is 0 Å². The van der Waals surface area contributed by atoms with Crippen LogP contribution in [0.4, 0.5) is 0 Å². The van der Waals surface area contributed by atoms with Crippen LogP contribution in [0, 0.1) is 18.3 Å². The van der Waals surface area contributed by atoms with E-state index >= 15 is 0 Å². The first-order valence-corrected chi connectivity index (χ1v) is 5.21. The highest BCUT2D eigenvalue weighted by molar-refractivity contribution is 6.30. The molecule has 0 N–H and O–H groups in total. The Kier molecular flexibility index (Phi) is 2.89. The number of hydrogen-bond acceptors (Lipinski definition) is 2. The van der Waals surface area contributed by atoms with Crippen LogP contribution in [0.25, 0.3) is 11.1 Å². The smallest absolute Gasteiger partial charge is 0.101 e. The van der Waals surface area contributed by atoms with Gasteiger partial charge in [0.15, 0.2) is 0 Å². The average Bonchev–Trinajstić information content (AvgIpc) is 2.30. The number of benzene rings is 1. The van der Waals surface area contributed by atoms with Gasteiger partial charge in [-0.1, -0.05) is 23.7 Å². The molecule has 3 heteroatoms. The van der Waals surface area contributed by atoms with Crippen molar-refractivity contribution in [3.63, 3.8) is 0 Å².